The highest BCUT2D eigenvalue weighted by Gasteiger charge is 2.40. The van der Waals surface area contributed by atoms with Gasteiger partial charge in [0.2, 0.25) is 5.91 Å². The molecule has 0 aliphatic carbocycles. The maximum atomic E-state index is 13.3. The molecule has 2 N–H and O–H groups in total. The molecule has 0 bridgehead atoms. The smallest absolute Gasteiger partial charge is 0.280 e. The zero-order chi connectivity index (χ0) is 19.8. The van der Waals surface area contributed by atoms with Crippen LogP contribution in [0, 0.1) is 11.6 Å². The quantitative estimate of drug-likeness (QED) is 0.809. The van der Waals surface area contributed by atoms with Crippen molar-refractivity contribution in [1.29, 1.82) is 0 Å². The van der Waals surface area contributed by atoms with Crippen molar-refractivity contribution in [3.63, 3.8) is 0 Å². The first-order valence-electron chi connectivity index (χ1n) is 7.94. The summed E-state index contributed by atoms with van der Waals surface area (Å²) in [6.07, 6.45) is 0.127. The molecular formula is C17H16ClF2N3O3S. The number of carbonyl (C=O) groups excluding carboxylic acids is 1. The molecule has 2 atom stereocenters. The van der Waals surface area contributed by atoms with Crippen LogP contribution in [0.2, 0.25) is 5.02 Å². The van der Waals surface area contributed by atoms with Gasteiger partial charge in [-0.3, -0.25) is 4.79 Å². The minimum Gasteiger partial charge on any atom is -0.325 e. The van der Waals surface area contributed by atoms with E-state index in [1.165, 1.54) is 43.4 Å². The molecule has 27 heavy (non-hydrogen) atoms. The number of nitrogens with one attached hydrogen (secondary N) is 2. The summed E-state index contributed by atoms with van der Waals surface area (Å²) in [7, 11) is -2.64. The average Bonchev–Trinajstić information content (AvgIpc) is 2.61. The van der Waals surface area contributed by atoms with Crippen LogP contribution < -0.4 is 10.0 Å². The number of halogens is 3. The van der Waals surface area contributed by atoms with Gasteiger partial charge in [0.1, 0.15) is 17.7 Å². The van der Waals surface area contributed by atoms with Crippen LogP contribution in [-0.2, 0) is 15.0 Å². The Kier molecular flexibility index (Phi) is 5.48. The fraction of sp³-hybridized carbons (Fsp3) is 0.235. The Bertz CT molecular complexity index is 970. The van der Waals surface area contributed by atoms with E-state index in [0.717, 1.165) is 10.4 Å². The second-order valence-electron chi connectivity index (χ2n) is 6.11. The molecule has 1 fully saturated rings. The second-order valence-corrected chi connectivity index (χ2v) is 8.28. The molecule has 0 saturated carbocycles. The zero-order valence-electron chi connectivity index (χ0n) is 14.1. The Morgan fingerprint density at radius 2 is 1.89 bits per heavy atom. The molecule has 1 aliphatic rings. The topological polar surface area (TPSA) is 78.5 Å². The predicted molar refractivity (Wildman–Crippen MR) is 97.4 cm³/mol. The van der Waals surface area contributed by atoms with Gasteiger partial charge in [-0.25, -0.2) is 8.78 Å². The Morgan fingerprint density at radius 1 is 1.22 bits per heavy atom. The highest BCUT2D eigenvalue weighted by atomic mass is 35.5. The first-order chi connectivity index (χ1) is 12.7. The summed E-state index contributed by atoms with van der Waals surface area (Å²) in [5, 5.41) is 2.38. The summed E-state index contributed by atoms with van der Waals surface area (Å²) in [5.41, 5.74) is 0.782. The number of benzene rings is 2. The molecule has 1 aliphatic heterocycles. The predicted octanol–water partition coefficient (Wildman–Crippen LogP) is 2.84. The molecule has 1 saturated heterocycles. The number of nitrogens with zero attached hydrogens (tertiary/aromatic N) is 1. The second kappa shape index (κ2) is 7.51. The molecule has 6 nitrogen and oxygen atoms in total. The Labute approximate surface area is 160 Å². The highest BCUT2D eigenvalue weighted by Crippen LogP contribution is 2.29. The summed E-state index contributed by atoms with van der Waals surface area (Å²) in [6, 6.07) is 7.31. The average molecular weight is 416 g/mol. The van der Waals surface area contributed by atoms with Crippen LogP contribution in [0.15, 0.2) is 42.5 Å². The Balaban J connectivity index is 1.84. The van der Waals surface area contributed by atoms with E-state index in [1.807, 2.05) is 0 Å². The summed E-state index contributed by atoms with van der Waals surface area (Å²) in [6.45, 7) is 0. The maximum absolute atomic E-state index is 13.3. The first-order valence-corrected chi connectivity index (χ1v) is 9.76. The third-order valence-electron chi connectivity index (χ3n) is 4.33. The summed E-state index contributed by atoms with van der Waals surface area (Å²) in [5.74, 6) is -1.66. The number of likely N-dealkylation sites (N-methyl/N-ethyl adjacent to an activating group) is 1. The lowest BCUT2D eigenvalue weighted by molar-refractivity contribution is -0.120. The minimum absolute atomic E-state index is 0.127. The summed E-state index contributed by atoms with van der Waals surface area (Å²) in [4.78, 5) is 12.7. The van der Waals surface area contributed by atoms with E-state index in [2.05, 4.69) is 10.0 Å². The van der Waals surface area contributed by atoms with Gasteiger partial charge in [0.25, 0.3) is 10.2 Å². The van der Waals surface area contributed by atoms with E-state index in [9.17, 15) is 22.0 Å². The number of anilines is 1. The molecule has 1 heterocycles. The van der Waals surface area contributed by atoms with Gasteiger partial charge in [0.05, 0.1) is 5.02 Å². The largest absolute Gasteiger partial charge is 0.325 e. The van der Waals surface area contributed by atoms with E-state index in [0.29, 0.717) is 5.56 Å². The standard InChI is InChI=1S/C17H16ClF2N3O3S/c1-23-16(17(24)21-12-6-7-14(20)13(18)8-12)9-15(22-27(23,25)26)10-2-4-11(19)5-3-10/h2-8,15-16,22H,9H2,1H3,(H,21,24)/t15-,16+/m0/s1. The lowest BCUT2D eigenvalue weighted by Crippen LogP contribution is -2.55. The van der Waals surface area contributed by atoms with Gasteiger partial charge >= 0.3 is 0 Å². The molecule has 3 rings (SSSR count). The van der Waals surface area contributed by atoms with Crippen LogP contribution in [0.4, 0.5) is 14.5 Å². The van der Waals surface area contributed by atoms with E-state index in [1.54, 1.807) is 0 Å². The van der Waals surface area contributed by atoms with Gasteiger partial charge in [-0.1, -0.05) is 23.7 Å². The lowest BCUT2D eigenvalue weighted by atomic mass is 9.99. The van der Waals surface area contributed by atoms with Crippen LogP contribution in [0.25, 0.3) is 0 Å². The third-order valence-corrected chi connectivity index (χ3v) is 6.22. The van der Waals surface area contributed by atoms with E-state index in [-0.39, 0.29) is 17.1 Å². The van der Waals surface area contributed by atoms with Crippen molar-refractivity contribution in [3.8, 4) is 0 Å². The molecule has 144 valence electrons. The van der Waals surface area contributed by atoms with Crippen molar-refractivity contribution >= 4 is 33.4 Å². The van der Waals surface area contributed by atoms with Crippen molar-refractivity contribution in [3.05, 3.63) is 64.7 Å². The van der Waals surface area contributed by atoms with Gasteiger partial charge in [0.15, 0.2) is 0 Å². The van der Waals surface area contributed by atoms with Gasteiger partial charge in [-0.2, -0.15) is 17.4 Å². The molecule has 1 amide bonds. The molecule has 10 heteroatoms. The lowest BCUT2D eigenvalue weighted by Gasteiger charge is -2.36. The Hall–Kier alpha value is -2.07. The minimum atomic E-state index is -3.93. The van der Waals surface area contributed by atoms with Gasteiger partial charge in [0, 0.05) is 18.8 Å². The molecule has 0 radical (unpaired) electrons. The molecule has 0 spiro atoms. The first kappa shape index (κ1) is 19.7. The van der Waals surface area contributed by atoms with Crippen LogP contribution in [0.5, 0.6) is 0 Å². The van der Waals surface area contributed by atoms with Crippen LogP contribution in [0.1, 0.15) is 18.0 Å². The SMILES string of the molecule is CN1[C@@H](C(=O)Nc2ccc(F)c(Cl)c2)C[C@@H](c2ccc(F)cc2)NS1(=O)=O. The normalized spacial score (nSPS) is 22.4. The molecule has 0 unspecified atom stereocenters. The van der Waals surface area contributed by atoms with E-state index in [4.69, 9.17) is 11.6 Å². The number of amides is 1. The zero-order valence-corrected chi connectivity index (χ0v) is 15.7. The van der Waals surface area contributed by atoms with E-state index >= 15 is 0 Å². The van der Waals surface area contributed by atoms with Crippen LogP contribution in [-0.4, -0.2) is 31.7 Å². The fourth-order valence-electron chi connectivity index (χ4n) is 2.82. The van der Waals surface area contributed by atoms with Crippen LogP contribution >= 0.6 is 11.6 Å². The summed E-state index contributed by atoms with van der Waals surface area (Å²) >= 11 is 5.70. The van der Waals surface area contributed by atoms with Crippen LogP contribution in [0.3, 0.4) is 0 Å². The number of hydrogen-bond acceptors (Lipinski definition) is 3. The van der Waals surface area contributed by atoms with Gasteiger partial charge in [-0.15, -0.1) is 0 Å². The summed E-state index contributed by atoms with van der Waals surface area (Å²) < 4.78 is 54.6. The molecule has 2 aromatic rings. The highest BCUT2D eigenvalue weighted by molar-refractivity contribution is 7.87. The maximum Gasteiger partial charge on any atom is 0.280 e. The number of hydrogen-bond donors (Lipinski definition) is 2. The third kappa shape index (κ3) is 4.27. The van der Waals surface area contributed by atoms with E-state index < -0.39 is 39.8 Å². The Morgan fingerprint density at radius 3 is 2.52 bits per heavy atom. The number of rotatable bonds is 3. The van der Waals surface area contributed by atoms with Gasteiger partial charge in [-0.05, 0) is 42.3 Å². The fourth-order valence-corrected chi connectivity index (χ4v) is 4.28. The molecule has 0 aromatic heterocycles. The van der Waals surface area contributed by atoms with Crippen molar-refractivity contribution in [2.45, 2.75) is 18.5 Å². The van der Waals surface area contributed by atoms with Crippen molar-refractivity contribution in [2.24, 2.45) is 0 Å². The van der Waals surface area contributed by atoms with Gasteiger partial charge < -0.3 is 5.32 Å². The van der Waals surface area contributed by atoms with Crippen molar-refractivity contribution < 1.29 is 22.0 Å². The van der Waals surface area contributed by atoms with Crippen molar-refractivity contribution in [1.82, 2.24) is 9.03 Å². The van der Waals surface area contributed by atoms with Crippen molar-refractivity contribution in [2.75, 3.05) is 12.4 Å². The molecule has 2 aromatic carbocycles. The molecular weight excluding hydrogens is 400 g/mol. The monoisotopic (exact) mass is 415 g/mol. The number of carbonyl (C=O) groups is 1.